The molecule has 4 nitrogen and oxygen atoms in total. The summed E-state index contributed by atoms with van der Waals surface area (Å²) in [5.74, 6) is -0.541. The first-order chi connectivity index (χ1) is 6.70. The van der Waals surface area contributed by atoms with Crippen molar-refractivity contribution >= 4 is 34.3 Å². The van der Waals surface area contributed by atoms with Gasteiger partial charge in [-0.3, -0.25) is 0 Å². The number of hydrogen-bond acceptors (Lipinski definition) is 5. The highest BCUT2D eigenvalue weighted by Gasteiger charge is 2.13. The molecule has 0 aliphatic carbocycles. The van der Waals surface area contributed by atoms with Crippen LogP contribution in [0.5, 0.6) is 0 Å². The number of thioether (sulfide) groups is 1. The van der Waals surface area contributed by atoms with E-state index in [4.69, 9.17) is 17.0 Å². The molecule has 1 heterocycles. The maximum Gasteiger partial charge on any atom is 0.136 e. The number of rotatable bonds is 3. The van der Waals surface area contributed by atoms with Crippen LogP contribution in [0, 0.1) is 0 Å². The van der Waals surface area contributed by atoms with Gasteiger partial charge in [-0.1, -0.05) is 24.0 Å². The first-order valence-corrected chi connectivity index (χ1v) is 5.79. The third-order valence-corrected chi connectivity index (χ3v) is 3.33. The van der Waals surface area contributed by atoms with Crippen LogP contribution < -0.4 is 5.11 Å². The number of aliphatic carboxylic acids is 1. The molecule has 1 aliphatic rings. The molecule has 0 aromatic heterocycles. The monoisotopic (exact) mass is 234 g/mol. The Bertz CT molecular complexity index is 217. The summed E-state index contributed by atoms with van der Waals surface area (Å²) in [4.78, 5) is 12.2. The molecule has 0 saturated carbocycles. The minimum Gasteiger partial charge on any atom is -0.550 e. The van der Waals surface area contributed by atoms with Crippen LogP contribution in [-0.2, 0) is 9.53 Å². The minimum atomic E-state index is -1.03. The SMILES string of the molecule is O=C([O-])CCSC(=S)N1CCOCC1. The fourth-order valence-corrected chi connectivity index (χ4v) is 2.30. The van der Waals surface area contributed by atoms with E-state index < -0.39 is 5.97 Å². The smallest absolute Gasteiger partial charge is 0.136 e. The predicted octanol–water partition coefficient (Wildman–Crippen LogP) is -0.523. The third kappa shape index (κ3) is 4.26. The van der Waals surface area contributed by atoms with Crippen LogP contribution in [0.25, 0.3) is 0 Å². The lowest BCUT2D eigenvalue weighted by Gasteiger charge is -2.28. The maximum atomic E-state index is 10.2. The molecule has 0 aromatic carbocycles. The number of hydrogen-bond donors (Lipinski definition) is 0. The van der Waals surface area contributed by atoms with Gasteiger partial charge in [0.1, 0.15) is 4.32 Å². The van der Waals surface area contributed by atoms with Crippen molar-refractivity contribution in [2.24, 2.45) is 0 Å². The van der Waals surface area contributed by atoms with E-state index >= 15 is 0 Å². The lowest BCUT2D eigenvalue weighted by molar-refractivity contribution is -0.305. The van der Waals surface area contributed by atoms with Crippen LogP contribution in [0.1, 0.15) is 6.42 Å². The van der Waals surface area contributed by atoms with Gasteiger partial charge < -0.3 is 19.5 Å². The van der Waals surface area contributed by atoms with E-state index in [0.717, 1.165) is 17.4 Å². The molecule has 0 radical (unpaired) electrons. The number of carbonyl (C=O) groups excluding carboxylic acids is 1. The molecule has 1 saturated heterocycles. The van der Waals surface area contributed by atoms with Crippen LogP contribution in [0.2, 0.25) is 0 Å². The van der Waals surface area contributed by atoms with Gasteiger partial charge in [-0.15, -0.1) is 0 Å². The second-order valence-corrected chi connectivity index (χ2v) is 4.56. The molecular formula is C8H12NO3S2-. The molecule has 14 heavy (non-hydrogen) atoms. The quantitative estimate of drug-likeness (QED) is 0.612. The summed E-state index contributed by atoms with van der Waals surface area (Å²) in [5, 5.41) is 10.2. The molecule has 80 valence electrons. The Hall–Kier alpha value is -0.330. The van der Waals surface area contributed by atoms with Crippen molar-refractivity contribution in [2.45, 2.75) is 6.42 Å². The van der Waals surface area contributed by atoms with Gasteiger partial charge in [0.05, 0.1) is 13.2 Å². The number of ether oxygens (including phenoxy) is 1. The zero-order valence-electron chi connectivity index (χ0n) is 7.73. The van der Waals surface area contributed by atoms with E-state index in [-0.39, 0.29) is 6.42 Å². The van der Waals surface area contributed by atoms with Crippen LogP contribution in [0.15, 0.2) is 0 Å². The first kappa shape index (κ1) is 11.7. The van der Waals surface area contributed by atoms with Gasteiger partial charge in [0.25, 0.3) is 0 Å². The van der Waals surface area contributed by atoms with Crippen molar-refractivity contribution in [1.29, 1.82) is 0 Å². The molecule has 0 unspecified atom stereocenters. The molecule has 6 heteroatoms. The van der Waals surface area contributed by atoms with Crippen molar-refractivity contribution in [3.63, 3.8) is 0 Å². The summed E-state index contributed by atoms with van der Waals surface area (Å²) in [6.07, 6.45) is 0.0507. The molecule has 0 atom stereocenters. The normalized spacial score (nSPS) is 16.7. The van der Waals surface area contributed by atoms with Crippen LogP contribution in [0.3, 0.4) is 0 Å². The topological polar surface area (TPSA) is 52.6 Å². The van der Waals surface area contributed by atoms with Crippen molar-refractivity contribution in [2.75, 3.05) is 32.1 Å². The van der Waals surface area contributed by atoms with E-state index in [1.165, 1.54) is 11.8 Å². The van der Waals surface area contributed by atoms with Crippen molar-refractivity contribution in [3.05, 3.63) is 0 Å². The number of carboxylic acids is 1. The Morgan fingerprint density at radius 1 is 1.50 bits per heavy atom. The number of nitrogens with zero attached hydrogens (tertiary/aromatic N) is 1. The second-order valence-electron chi connectivity index (χ2n) is 2.84. The third-order valence-electron chi connectivity index (χ3n) is 1.80. The molecule has 0 N–H and O–H groups in total. The molecule has 1 rings (SSSR count). The second kappa shape index (κ2) is 6.21. The summed E-state index contributed by atoms with van der Waals surface area (Å²) in [7, 11) is 0. The maximum absolute atomic E-state index is 10.2. The van der Waals surface area contributed by atoms with Gasteiger partial charge in [0.15, 0.2) is 0 Å². The van der Waals surface area contributed by atoms with Crippen LogP contribution in [0.4, 0.5) is 0 Å². The molecule has 0 aromatic rings. The molecule has 0 spiro atoms. The van der Waals surface area contributed by atoms with Gasteiger partial charge in [-0.05, 0) is 6.42 Å². The fraction of sp³-hybridized carbons (Fsp3) is 0.750. The van der Waals surface area contributed by atoms with E-state index in [1.807, 2.05) is 4.90 Å². The molecule has 1 fully saturated rings. The Balaban J connectivity index is 2.16. The summed E-state index contributed by atoms with van der Waals surface area (Å²) in [6, 6.07) is 0. The summed E-state index contributed by atoms with van der Waals surface area (Å²) in [6.45, 7) is 3.00. The number of morpholine rings is 1. The van der Waals surface area contributed by atoms with E-state index in [2.05, 4.69) is 0 Å². The van der Waals surface area contributed by atoms with E-state index in [9.17, 15) is 9.90 Å². The lowest BCUT2D eigenvalue weighted by Crippen LogP contribution is -2.38. The Morgan fingerprint density at radius 3 is 2.71 bits per heavy atom. The van der Waals surface area contributed by atoms with Crippen molar-refractivity contribution < 1.29 is 14.6 Å². The van der Waals surface area contributed by atoms with Crippen molar-refractivity contribution in [1.82, 2.24) is 4.90 Å². The molecular weight excluding hydrogens is 222 g/mol. The van der Waals surface area contributed by atoms with E-state index in [0.29, 0.717) is 19.0 Å². The van der Waals surface area contributed by atoms with Gasteiger partial charge >= 0.3 is 0 Å². The zero-order valence-corrected chi connectivity index (χ0v) is 9.36. The van der Waals surface area contributed by atoms with Gasteiger partial charge in [0, 0.05) is 24.8 Å². The summed E-state index contributed by atoms with van der Waals surface area (Å²) in [5.41, 5.74) is 0. The average molecular weight is 234 g/mol. The minimum absolute atomic E-state index is 0.0507. The zero-order chi connectivity index (χ0) is 10.4. The highest BCUT2D eigenvalue weighted by molar-refractivity contribution is 8.22. The first-order valence-electron chi connectivity index (χ1n) is 4.39. The lowest BCUT2D eigenvalue weighted by atomic mass is 10.5. The Kier molecular flexibility index (Phi) is 5.21. The highest BCUT2D eigenvalue weighted by atomic mass is 32.2. The summed E-state index contributed by atoms with van der Waals surface area (Å²) >= 11 is 6.54. The fourth-order valence-electron chi connectivity index (χ4n) is 1.06. The van der Waals surface area contributed by atoms with Gasteiger partial charge in [-0.25, -0.2) is 0 Å². The van der Waals surface area contributed by atoms with Gasteiger partial charge in [0.2, 0.25) is 0 Å². The summed E-state index contributed by atoms with van der Waals surface area (Å²) < 4.78 is 5.94. The van der Waals surface area contributed by atoms with Crippen molar-refractivity contribution in [3.8, 4) is 0 Å². The number of carboxylic acid groups (broad SMARTS) is 1. The predicted molar refractivity (Wildman–Crippen MR) is 57.1 cm³/mol. The number of carbonyl (C=O) groups is 1. The number of thiocarbonyl (C=S) groups is 1. The van der Waals surface area contributed by atoms with Crippen LogP contribution in [-0.4, -0.2) is 47.2 Å². The standard InChI is InChI=1S/C8H13NO3S2/c10-7(11)1-6-14-8(13)9-2-4-12-5-3-9/h1-6H2,(H,10,11)/p-1. The van der Waals surface area contributed by atoms with Crippen LogP contribution >= 0.6 is 24.0 Å². The van der Waals surface area contributed by atoms with E-state index in [1.54, 1.807) is 0 Å². The largest absolute Gasteiger partial charge is 0.550 e. The van der Waals surface area contributed by atoms with Gasteiger partial charge in [-0.2, -0.15) is 0 Å². The Morgan fingerprint density at radius 2 is 2.14 bits per heavy atom. The molecule has 0 bridgehead atoms. The molecule has 0 amide bonds. The Labute approximate surface area is 92.6 Å². The highest BCUT2D eigenvalue weighted by Crippen LogP contribution is 2.12. The average Bonchev–Trinajstić information content (AvgIpc) is 2.18. The molecule has 1 aliphatic heterocycles.